The molecular formula is C16H25F2N. The lowest BCUT2D eigenvalue weighted by Gasteiger charge is -2.27. The molecule has 0 heterocycles. The van der Waals surface area contributed by atoms with Crippen LogP contribution in [-0.2, 0) is 6.42 Å². The van der Waals surface area contributed by atoms with Crippen LogP contribution in [0.5, 0.6) is 0 Å². The summed E-state index contributed by atoms with van der Waals surface area (Å²) < 4.78 is 26.9. The molecule has 3 heteroatoms. The van der Waals surface area contributed by atoms with Gasteiger partial charge in [0.1, 0.15) is 11.6 Å². The molecule has 0 aliphatic rings. The van der Waals surface area contributed by atoms with Crippen LogP contribution >= 0.6 is 0 Å². The van der Waals surface area contributed by atoms with Gasteiger partial charge in [0.15, 0.2) is 0 Å². The second-order valence-electron chi connectivity index (χ2n) is 5.17. The van der Waals surface area contributed by atoms with E-state index in [9.17, 15) is 8.78 Å². The highest BCUT2D eigenvalue weighted by Crippen LogP contribution is 2.22. The molecule has 1 aromatic rings. The predicted molar refractivity (Wildman–Crippen MR) is 76.2 cm³/mol. The maximum Gasteiger partial charge on any atom is 0.126 e. The molecule has 0 spiro atoms. The molecule has 0 aliphatic carbocycles. The van der Waals surface area contributed by atoms with Gasteiger partial charge >= 0.3 is 0 Å². The van der Waals surface area contributed by atoms with Crippen LogP contribution in [0, 0.1) is 17.6 Å². The Bertz CT molecular complexity index is 373. The average molecular weight is 269 g/mol. The van der Waals surface area contributed by atoms with Crippen molar-refractivity contribution in [3.05, 3.63) is 35.4 Å². The highest BCUT2D eigenvalue weighted by atomic mass is 19.1. The molecule has 0 fully saturated rings. The second kappa shape index (κ2) is 8.26. The Morgan fingerprint density at radius 1 is 1.11 bits per heavy atom. The molecule has 1 atom stereocenters. The molecule has 1 aromatic carbocycles. The van der Waals surface area contributed by atoms with Crippen LogP contribution in [0.3, 0.4) is 0 Å². The first-order chi connectivity index (χ1) is 9.12. The van der Waals surface area contributed by atoms with Crippen molar-refractivity contribution in [3.63, 3.8) is 0 Å². The molecule has 0 aliphatic heterocycles. The highest BCUT2D eigenvalue weighted by molar-refractivity contribution is 5.20. The lowest BCUT2D eigenvalue weighted by Crippen LogP contribution is -2.36. The monoisotopic (exact) mass is 269 g/mol. The van der Waals surface area contributed by atoms with Gasteiger partial charge in [-0.3, -0.25) is 0 Å². The van der Waals surface area contributed by atoms with Crippen LogP contribution in [-0.4, -0.2) is 13.1 Å². The first kappa shape index (κ1) is 16.1. The number of benzene rings is 1. The zero-order valence-corrected chi connectivity index (χ0v) is 12.2. The van der Waals surface area contributed by atoms with Crippen LogP contribution in [0.25, 0.3) is 0 Å². The van der Waals surface area contributed by atoms with Crippen LogP contribution < -0.4 is 5.32 Å². The SMILES string of the molecule is CCCC(CCC)C(Cc1cc(F)ccc1F)NC. The minimum absolute atomic E-state index is 0.205. The number of nitrogens with one attached hydrogen (secondary N) is 1. The van der Waals surface area contributed by atoms with Gasteiger partial charge in [-0.25, -0.2) is 8.78 Å². The molecule has 0 saturated carbocycles. The van der Waals surface area contributed by atoms with E-state index in [1.165, 1.54) is 18.2 Å². The smallest absolute Gasteiger partial charge is 0.126 e. The zero-order chi connectivity index (χ0) is 14.3. The quantitative estimate of drug-likeness (QED) is 0.741. The Hall–Kier alpha value is -0.960. The molecule has 19 heavy (non-hydrogen) atoms. The van der Waals surface area contributed by atoms with Crippen LogP contribution in [0.1, 0.15) is 45.1 Å². The average Bonchev–Trinajstić information content (AvgIpc) is 2.39. The van der Waals surface area contributed by atoms with Gasteiger partial charge in [-0.1, -0.05) is 26.7 Å². The van der Waals surface area contributed by atoms with Gasteiger partial charge in [0.25, 0.3) is 0 Å². The molecule has 0 aromatic heterocycles. The summed E-state index contributed by atoms with van der Waals surface area (Å²) in [6, 6.07) is 3.90. The van der Waals surface area contributed by atoms with E-state index in [0.717, 1.165) is 25.7 Å². The maximum absolute atomic E-state index is 13.7. The van der Waals surface area contributed by atoms with E-state index in [1.54, 1.807) is 0 Å². The van der Waals surface area contributed by atoms with Crippen molar-refractivity contribution in [2.24, 2.45) is 5.92 Å². The van der Waals surface area contributed by atoms with Gasteiger partial charge < -0.3 is 5.32 Å². The van der Waals surface area contributed by atoms with Crippen LogP contribution in [0.2, 0.25) is 0 Å². The minimum Gasteiger partial charge on any atom is -0.316 e. The summed E-state index contributed by atoms with van der Waals surface area (Å²) in [5, 5.41) is 3.28. The number of hydrogen-bond donors (Lipinski definition) is 1. The van der Waals surface area contributed by atoms with E-state index >= 15 is 0 Å². The third kappa shape index (κ3) is 4.90. The van der Waals surface area contributed by atoms with Crippen molar-refractivity contribution in [2.75, 3.05) is 7.05 Å². The van der Waals surface area contributed by atoms with Crippen molar-refractivity contribution in [1.29, 1.82) is 0 Å². The van der Waals surface area contributed by atoms with Crippen molar-refractivity contribution in [2.45, 2.75) is 52.0 Å². The highest BCUT2D eigenvalue weighted by Gasteiger charge is 2.20. The van der Waals surface area contributed by atoms with E-state index in [1.807, 2.05) is 7.05 Å². The lowest BCUT2D eigenvalue weighted by atomic mass is 9.86. The van der Waals surface area contributed by atoms with Crippen LogP contribution in [0.4, 0.5) is 8.78 Å². The molecule has 0 bridgehead atoms. The molecular weight excluding hydrogens is 244 g/mol. The van der Waals surface area contributed by atoms with E-state index < -0.39 is 0 Å². The standard InChI is InChI=1S/C16H25F2N/c1-4-6-12(7-5-2)16(19-3)11-13-10-14(17)8-9-15(13)18/h8-10,12,16,19H,4-7,11H2,1-3H3. The molecule has 0 saturated heterocycles. The third-order valence-corrected chi connectivity index (χ3v) is 3.71. The maximum atomic E-state index is 13.7. The Morgan fingerprint density at radius 3 is 2.26 bits per heavy atom. The van der Waals surface area contributed by atoms with Crippen LogP contribution in [0.15, 0.2) is 18.2 Å². The number of rotatable bonds is 8. The normalized spacial score (nSPS) is 12.9. The molecule has 1 unspecified atom stereocenters. The van der Waals surface area contributed by atoms with E-state index in [-0.39, 0.29) is 17.7 Å². The van der Waals surface area contributed by atoms with E-state index in [4.69, 9.17) is 0 Å². The summed E-state index contributed by atoms with van der Waals surface area (Å²) >= 11 is 0. The van der Waals surface area contributed by atoms with Gasteiger partial charge in [-0.05, 0) is 56.0 Å². The summed E-state index contributed by atoms with van der Waals surface area (Å²) in [6.07, 6.45) is 5.03. The molecule has 0 amide bonds. The topological polar surface area (TPSA) is 12.0 Å². The number of likely N-dealkylation sites (N-methyl/N-ethyl adjacent to an activating group) is 1. The third-order valence-electron chi connectivity index (χ3n) is 3.71. The number of halogens is 2. The Balaban J connectivity index is 2.81. The van der Waals surface area contributed by atoms with Crippen molar-refractivity contribution < 1.29 is 8.78 Å². The van der Waals surface area contributed by atoms with Gasteiger partial charge in [0, 0.05) is 6.04 Å². The lowest BCUT2D eigenvalue weighted by molar-refractivity contribution is 0.320. The van der Waals surface area contributed by atoms with Gasteiger partial charge in [-0.2, -0.15) is 0 Å². The molecule has 1 nitrogen and oxygen atoms in total. The van der Waals surface area contributed by atoms with Crippen molar-refractivity contribution in [1.82, 2.24) is 5.32 Å². The fourth-order valence-corrected chi connectivity index (χ4v) is 2.73. The Labute approximate surface area is 115 Å². The fourth-order valence-electron chi connectivity index (χ4n) is 2.73. The summed E-state index contributed by atoms with van der Waals surface area (Å²) in [4.78, 5) is 0. The summed E-state index contributed by atoms with van der Waals surface area (Å²) in [5.74, 6) is -0.162. The van der Waals surface area contributed by atoms with Gasteiger partial charge in [-0.15, -0.1) is 0 Å². The summed E-state index contributed by atoms with van der Waals surface area (Å²) in [6.45, 7) is 4.33. The molecule has 0 radical (unpaired) electrons. The summed E-state index contributed by atoms with van der Waals surface area (Å²) in [7, 11) is 1.90. The first-order valence-electron chi connectivity index (χ1n) is 7.23. The van der Waals surface area contributed by atoms with E-state index in [2.05, 4.69) is 19.2 Å². The second-order valence-corrected chi connectivity index (χ2v) is 5.17. The minimum atomic E-state index is -0.367. The Morgan fingerprint density at radius 2 is 1.74 bits per heavy atom. The van der Waals surface area contributed by atoms with Gasteiger partial charge in [0.05, 0.1) is 0 Å². The summed E-state index contributed by atoms with van der Waals surface area (Å²) in [5.41, 5.74) is 0.469. The van der Waals surface area contributed by atoms with E-state index in [0.29, 0.717) is 17.9 Å². The Kier molecular flexibility index (Phi) is 7.00. The fraction of sp³-hybridized carbons (Fsp3) is 0.625. The molecule has 108 valence electrons. The first-order valence-corrected chi connectivity index (χ1v) is 7.23. The zero-order valence-electron chi connectivity index (χ0n) is 12.2. The van der Waals surface area contributed by atoms with Crippen molar-refractivity contribution >= 4 is 0 Å². The van der Waals surface area contributed by atoms with Crippen molar-refractivity contribution in [3.8, 4) is 0 Å². The predicted octanol–water partition coefficient (Wildman–Crippen LogP) is 4.31. The number of hydrogen-bond acceptors (Lipinski definition) is 1. The van der Waals surface area contributed by atoms with Gasteiger partial charge in [0.2, 0.25) is 0 Å². The molecule has 1 N–H and O–H groups in total. The molecule has 1 rings (SSSR count). The largest absolute Gasteiger partial charge is 0.316 e.